The topological polar surface area (TPSA) is 69.3 Å². The maximum absolute atomic E-state index is 14.5. The molecule has 2 amide bonds. The number of hydrogen-bond acceptors (Lipinski definition) is 3. The Bertz CT molecular complexity index is 1470. The van der Waals surface area contributed by atoms with Crippen LogP contribution in [-0.2, 0) is 9.59 Å². The monoisotopic (exact) mass is 522 g/mol. The number of hydrogen-bond donors (Lipinski definition) is 1. The first-order valence-corrected chi connectivity index (χ1v) is 14.5. The van der Waals surface area contributed by atoms with E-state index in [0.717, 1.165) is 71.6 Å². The van der Waals surface area contributed by atoms with Gasteiger partial charge in [-0.2, -0.15) is 0 Å². The van der Waals surface area contributed by atoms with Gasteiger partial charge in [0, 0.05) is 48.0 Å². The number of nitrogens with one attached hydrogen (secondary N) is 1. The number of likely N-dealkylation sites (tertiary alicyclic amines) is 1. The summed E-state index contributed by atoms with van der Waals surface area (Å²) in [6.45, 7) is 10.4. The first-order valence-electron chi connectivity index (χ1n) is 14.5. The van der Waals surface area contributed by atoms with Crippen molar-refractivity contribution in [1.29, 1.82) is 0 Å². The minimum absolute atomic E-state index is 0.0187. The third-order valence-electron chi connectivity index (χ3n) is 9.14. The second-order valence-electron chi connectivity index (χ2n) is 11.4. The standard InChI is InChI=1S/C33H38N4O2/c1-3-4-5-11-19-36-21-17-27(33(31(36)38)22-24-13-8-6-7-12-20-37(24)32(33)39)23(2)29-30-26(16-18-34-29)25-14-9-10-15-28(25)35-30/h3,8-10,13-16,18,24,27,35H,1-2,4-7,11-12,17,19-22H2/b13-8-/t24-,27-,33+/m0/s1. The molecule has 3 aromatic rings. The number of carbonyl (C=O) groups is 2. The molecule has 2 fully saturated rings. The number of rotatable bonds is 7. The SMILES string of the molecule is C=CCCCCN1CC[C@@H](C(=C)c2nccc3c2[nH]c2ccccc23)[C@]2(C[C@@H]3/C=C\CCCCN3C2=O)C1=O. The Hall–Kier alpha value is -3.67. The van der Waals surface area contributed by atoms with Crippen LogP contribution in [0, 0.1) is 11.3 Å². The van der Waals surface area contributed by atoms with E-state index in [4.69, 9.17) is 4.98 Å². The summed E-state index contributed by atoms with van der Waals surface area (Å²) in [6, 6.07) is 10.2. The highest BCUT2D eigenvalue weighted by molar-refractivity contribution is 6.12. The lowest BCUT2D eigenvalue weighted by atomic mass is 9.64. The third-order valence-corrected chi connectivity index (χ3v) is 9.14. The van der Waals surface area contributed by atoms with E-state index >= 15 is 0 Å². The number of H-pyrrole nitrogens is 1. The number of unbranched alkanes of at least 4 members (excludes halogenated alkanes) is 2. The number of pyridine rings is 1. The predicted molar refractivity (Wildman–Crippen MR) is 157 cm³/mol. The molecule has 2 aromatic heterocycles. The van der Waals surface area contributed by atoms with Gasteiger partial charge in [0.2, 0.25) is 11.8 Å². The molecule has 1 N–H and O–H groups in total. The van der Waals surface area contributed by atoms with Crippen LogP contribution < -0.4 is 0 Å². The van der Waals surface area contributed by atoms with Gasteiger partial charge in [-0.25, -0.2) is 0 Å². The summed E-state index contributed by atoms with van der Waals surface area (Å²) in [6.07, 6.45) is 15.2. The van der Waals surface area contributed by atoms with Gasteiger partial charge in [0.25, 0.3) is 0 Å². The largest absolute Gasteiger partial charge is 0.353 e. The number of piperidine rings is 1. The molecule has 0 radical (unpaired) electrons. The number of carbonyl (C=O) groups excluding carboxylic acids is 2. The zero-order valence-electron chi connectivity index (χ0n) is 22.7. The summed E-state index contributed by atoms with van der Waals surface area (Å²) in [5, 5.41) is 2.22. The molecular weight excluding hydrogens is 484 g/mol. The number of nitrogens with zero attached hydrogens (tertiary/aromatic N) is 3. The zero-order chi connectivity index (χ0) is 27.0. The normalized spacial score (nSPS) is 26.2. The number of benzene rings is 1. The molecule has 0 saturated carbocycles. The number of para-hydroxylation sites is 1. The van der Waals surface area contributed by atoms with Gasteiger partial charge in [0.05, 0.1) is 17.3 Å². The Kier molecular flexibility index (Phi) is 6.88. The number of aromatic amines is 1. The van der Waals surface area contributed by atoms with Gasteiger partial charge in [-0.15, -0.1) is 6.58 Å². The average Bonchev–Trinajstić information content (AvgIpc) is 3.44. The summed E-state index contributed by atoms with van der Waals surface area (Å²) in [5.41, 5.74) is 2.39. The summed E-state index contributed by atoms with van der Waals surface area (Å²) >= 11 is 0. The maximum atomic E-state index is 14.5. The van der Waals surface area contributed by atoms with Crippen molar-refractivity contribution >= 4 is 39.2 Å². The molecular formula is C33H38N4O2. The van der Waals surface area contributed by atoms with Crippen molar-refractivity contribution < 1.29 is 9.59 Å². The highest BCUT2D eigenvalue weighted by Crippen LogP contribution is 2.53. The van der Waals surface area contributed by atoms with Gasteiger partial charge in [-0.3, -0.25) is 14.6 Å². The smallest absolute Gasteiger partial charge is 0.239 e. The van der Waals surface area contributed by atoms with Gasteiger partial charge < -0.3 is 14.8 Å². The molecule has 1 spiro atoms. The zero-order valence-corrected chi connectivity index (χ0v) is 22.7. The van der Waals surface area contributed by atoms with Crippen LogP contribution in [0.1, 0.15) is 57.1 Å². The van der Waals surface area contributed by atoms with Gasteiger partial charge in [0.15, 0.2) is 0 Å². The lowest BCUT2D eigenvalue weighted by Gasteiger charge is -2.44. The van der Waals surface area contributed by atoms with Crippen LogP contribution in [0.3, 0.4) is 0 Å². The fourth-order valence-electron chi connectivity index (χ4n) is 7.16. The van der Waals surface area contributed by atoms with E-state index in [1.807, 2.05) is 40.3 Å². The molecule has 202 valence electrons. The van der Waals surface area contributed by atoms with Crippen molar-refractivity contribution in [2.75, 3.05) is 19.6 Å². The van der Waals surface area contributed by atoms with Crippen LogP contribution in [0.25, 0.3) is 27.4 Å². The van der Waals surface area contributed by atoms with Crippen LogP contribution in [0.4, 0.5) is 0 Å². The Morgan fingerprint density at radius 1 is 1.10 bits per heavy atom. The van der Waals surface area contributed by atoms with Gasteiger partial charge in [-0.05, 0) is 69.1 Å². The predicted octanol–water partition coefficient (Wildman–Crippen LogP) is 6.26. The second kappa shape index (κ2) is 10.5. The minimum atomic E-state index is -1.14. The number of allylic oxidation sites excluding steroid dienone is 3. The second-order valence-corrected chi connectivity index (χ2v) is 11.4. The van der Waals surface area contributed by atoms with E-state index < -0.39 is 5.41 Å². The van der Waals surface area contributed by atoms with Gasteiger partial charge in [-0.1, -0.05) is 43.0 Å². The van der Waals surface area contributed by atoms with Crippen molar-refractivity contribution in [3.05, 3.63) is 73.6 Å². The lowest BCUT2D eigenvalue weighted by Crippen LogP contribution is -2.57. The molecule has 6 nitrogen and oxygen atoms in total. The number of fused-ring (bicyclic) bond motifs is 4. The third kappa shape index (κ3) is 4.21. The first kappa shape index (κ1) is 25.6. The Balaban J connectivity index is 1.41. The van der Waals surface area contributed by atoms with Crippen LogP contribution in [0.15, 0.2) is 67.9 Å². The molecule has 39 heavy (non-hydrogen) atoms. The van der Waals surface area contributed by atoms with E-state index in [0.29, 0.717) is 32.5 Å². The van der Waals surface area contributed by atoms with Crippen LogP contribution >= 0.6 is 0 Å². The molecule has 6 heteroatoms. The molecule has 6 rings (SSSR count). The van der Waals surface area contributed by atoms with E-state index in [2.05, 4.69) is 42.4 Å². The molecule has 3 atom stereocenters. The highest BCUT2D eigenvalue weighted by atomic mass is 16.2. The Labute approximate surface area is 230 Å². The summed E-state index contributed by atoms with van der Waals surface area (Å²) < 4.78 is 0. The molecule has 2 saturated heterocycles. The summed E-state index contributed by atoms with van der Waals surface area (Å²) in [5.74, 6) is -0.338. The molecule has 5 heterocycles. The van der Waals surface area contributed by atoms with Crippen molar-refractivity contribution in [1.82, 2.24) is 19.8 Å². The molecule has 1 aromatic carbocycles. The van der Waals surface area contributed by atoms with Gasteiger partial charge in [0.1, 0.15) is 5.41 Å². The van der Waals surface area contributed by atoms with Gasteiger partial charge >= 0.3 is 0 Å². The average molecular weight is 523 g/mol. The van der Waals surface area contributed by atoms with Crippen LogP contribution in [0.5, 0.6) is 0 Å². The summed E-state index contributed by atoms with van der Waals surface area (Å²) in [4.78, 5) is 41.1. The quantitative estimate of drug-likeness (QED) is 0.226. The lowest BCUT2D eigenvalue weighted by molar-refractivity contribution is -0.158. The van der Waals surface area contributed by atoms with Crippen molar-refractivity contribution in [2.24, 2.45) is 11.3 Å². The van der Waals surface area contributed by atoms with E-state index in [-0.39, 0.29) is 23.8 Å². The molecule has 0 aliphatic carbocycles. The van der Waals surface area contributed by atoms with Crippen LogP contribution in [-0.4, -0.2) is 57.3 Å². The molecule has 3 aliphatic heterocycles. The molecule has 3 aliphatic rings. The fraction of sp³-hybridized carbons (Fsp3) is 0.424. The summed E-state index contributed by atoms with van der Waals surface area (Å²) in [7, 11) is 0. The van der Waals surface area contributed by atoms with E-state index in [1.54, 1.807) is 0 Å². The Morgan fingerprint density at radius 2 is 1.97 bits per heavy atom. The molecule has 0 bridgehead atoms. The highest BCUT2D eigenvalue weighted by Gasteiger charge is 2.63. The first-order chi connectivity index (χ1) is 19.1. The van der Waals surface area contributed by atoms with E-state index in [1.165, 1.54) is 0 Å². The van der Waals surface area contributed by atoms with Crippen molar-refractivity contribution in [3.8, 4) is 0 Å². The molecule has 0 unspecified atom stereocenters. The van der Waals surface area contributed by atoms with Crippen LogP contribution in [0.2, 0.25) is 0 Å². The number of aromatic nitrogens is 2. The van der Waals surface area contributed by atoms with Crippen molar-refractivity contribution in [2.45, 2.75) is 57.4 Å². The fourth-order valence-corrected chi connectivity index (χ4v) is 7.16. The van der Waals surface area contributed by atoms with E-state index in [9.17, 15) is 9.59 Å². The van der Waals surface area contributed by atoms with Crippen molar-refractivity contribution in [3.63, 3.8) is 0 Å². The Morgan fingerprint density at radius 3 is 2.85 bits per heavy atom. The maximum Gasteiger partial charge on any atom is 0.239 e. The minimum Gasteiger partial charge on any atom is -0.353 e. The number of amides is 2.